The fraction of sp³-hybridized carbons (Fsp3) is 0.588. The summed E-state index contributed by atoms with van der Waals surface area (Å²) in [6, 6.07) is 3.92. The number of aromatic nitrogens is 1. The fourth-order valence-electron chi connectivity index (χ4n) is 3.42. The van der Waals surface area contributed by atoms with Gasteiger partial charge < -0.3 is 14.7 Å². The molecule has 2 heterocycles. The average Bonchev–Trinajstić information content (AvgIpc) is 2.93. The molecule has 1 saturated heterocycles. The predicted molar refractivity (Wildman–Crippen MR) is 95.6 cm³/mol. The second-order valence-corrected chi connectivity index (χ2v) is 8.52. The predicted octanol–water partition coefficient (Wildman–Crippen LogP) is 3.44. The first kappa shape index (κ1) is 18.0. The molecule has 1 aliphatic heterocycles. The molecule has 1 aromatic rings. The number of hydrogen-bond donors (Lipinski definition) is 1. The number of amides is 2. The Morgan fingerprint density at radius 2 is 2.00 bits per heavy atom. The van der Waals surface area contributed by atoms with Crippen LogP contribution in [0.25, 0.3) is 0 Å². The van der Waals surface area contributed by atoms with Crippen molar-refractivity contribution in [2.24, 2.45) is 17.8 Å². The Morgan fingerprint density at radius 1 is 1.36 bits per heavy atom. The van der Waals surface area contributed by atoms with E-state index in [4.69, 9.17) is 4.74 Å². The first-order valence-electron chi connectivity index (χ1n) is 8.25. The first-order valence-corrected chi connectivity index (χ1v) is 9.05. The number of carboxylic acid groups (broad SMARTS) is 1. The number of imide groups is 1. The Labute approximate surface area is 155 Å². The van der Waals surface area contributed by atoms with Crippen LogP contribution in [-0.2, 0) is 4.74 Å². The second-order valence-electron chi connectivity index (χ2n) is 7.60. The molecule has 0 spiro atoms. The van der Waals surface area contributed by atoms with Crippen LogP contribution in [-0.4, -0.2) is 52.4 Å². The number of carbonyl (C=O) groups excluding carboxylic acids is 1. The van der Waals surface area contributed by atoms with E-state index in [9.17, 15) is 14.7 Å². The number of halogens is 1. The van der Waals surface area contributed by atoms with E-state index in [1.807, 2.05) is 12.1 Å². The van der Waals surface area contributed by atoms with Gasteiger partial charge in [0.1, 0.15) is 11.4 Å². The molecule has 7 nitrogen and oxygen atoms in total. The summed E-state index contributed by atoms with van der Waals surface area (Å²) in [5.41, 5.74) is -0.714. The van der Waals surface area contributed by atoms with Crippen molar-refractivity contribution in [3.8, 4) is 0 Å². The number of pyridine rings is 1. The van der Waals surface area contributed by atoms with Crippen molar-refractivity contribution < 1.29 is 19.4 Å². The van der Waals surface area contributed by atoms with E-state index in [1.54, 1.807) is 27.0 Å². The number of rotatable bonds is 3. The molecule has 1 saturated carbocycles. The van der Waals surface area contributed by atoms with E-state index in [-0.39, 0.29) is 12.5 Å². The van der Waals surface area contributed by atoms with E-state index in [2.05, 4.69) is 25.8 Å². The first-order chi connectivity index (χ1) is 11.7. The summed E-state index contributed by atoms with van der Waals surface area (Å²) in [6.45, 7) is 7.04. The monoisotopic (exact) mass is 411 g/mol. The maximum atomic E-state index is 12.1. The van der Waals surface area contributed by atoms with Crippen molar-refractivity contribution in [1.82, 2.24) is 9.88 Å². The van der Waals surface area contributed by atoms with Gasteiger partial charge in [-0.15, -0.1) is 0 Å². The zero-order valence-electron chi connectivity index (χ0n) is 14.5. The van der Waals surface area contributed by atoms with Gasteiger partial charge in [0.2, 0.25) is 0 Å². The molecule has 8 heteroatoms. The third-order valence-electron chi connectivity index (χ3n) is 4.65. The normalized spacial score (nSPS) is 24.6. The summed E-state index contributed by atoms with van der Waals surface area (Å²) < 4.78 is 6.13. The molecular formula is C17H22BrN3O4. The van der Waals surface area contributed by atoms with Gasteiger partial charge in [-0.25, -0.2) is 19.5 Å². The molecule has 2 aliphatic rings. The Hall–Kier alpha value is -1.83. The Bertz CT molecular complexity index is 661. The number of carbonyl (C=O) groups is 2. The summed E-state index contributed by atoms with van der Waals surface area (Å²) in [5, 5.41) is 9.34. The van der Waals surface area contributed by atoms with Crippen molar-refractivity contribution in [2.45, 2.75) is 26.4 Å². The lowest BCUT2D eigenvalue weighted by Gasteiger charge is -2.26. The molecule has 0 bridgehead atoms. The van der Waals surface area contributed by atoms with E-state index >= 15 is 0 Å². The van der Waals surface area contributed by atoms with Gasteiger partial charge in [0.25, 0.3) is 0 Å². The lowest BCUT2D eigenvalue weighted by Crippen LogP contribution is -2.42. The number of hydrogen-bond acceptors (Lipinski definition) is 5. The molecule has 3 atom stereocenters. The van der Waals surface area contributed by atoms with E-state index in [0.717, 1.165) is 28.3 Å². The fourth-order valence-corrected chi connectivity index (χ4v) is 3.66. The van der Waals surface area contributed by atoms with Crippen molar-refractivity contribution in [3.05, 3.63) is 22.8 Å². The molecule has 1 aromatic heterocycles. The van der Waals surface area contributed by atoms with Crippen molar-refractivity contribution in [3.63, 3.8) is 0 Å². The standard InChI is InChI=1S/C17H22BrN3O4/c1-17(2,3)25-16(24)21(15(22)23)9-13-11-7-20(8-12(11)13)14-5-4-10(18)6-19-14/h4-6,11-13H,7-9H2,1-3H3,(H,22,23)/t11-,12+,13-. The molecule has 25 heavy (non-hydrogen) atoms. The number of ether oxygens (including phenoxy) is 1. The smallest absolute Gasteiger partial charge is 0.419 e. The summed E-state index contributed by atoms with van der Waals surface area (Å²) >= 11 is 3.37. The Balaban J connectivity index is 1.56. The van der Waals surface area contributed by atoms with Crippen molar-refractivity contribution in [2.75, 3.05) is 24.5 Å². The minimum atomic E-state index is -1.26. The third-order valence-corrected chi connectivity index (χ3v) is 5.11. The summed E-state index contributed by atoms with van der Waals surface area (Å²) in [5.74, 6) is 1.93. The number of anilines is 1. The van der Waals surface area contributed by atoms with Gasteiger partial charge in [-0.3, -0.25) is 0 Å². The molecular weight excluding hydrogens is 390 g/mol. The molecule has 0 aromatic carbocycles. The average molecular weight is 412 g/mol. The van der Waals surface area contributed by atoms with Gasteiger partial charge in [0, 0.05) is 30.3 Å². The van der Waals surface area contributed by atoms with Crippen LogP contribution in [0.4, 0.5) is 15.4 Å². The summed E-state index contributed by atoms with van der Waals surface area (Å²) in [6.07, 6.45) is -0.284. The molecule has 0 unspecified atom stereocenters. The number of nitrogens with zero attached hydrogens (tertiary/aromatic N) is 3. The molecule has 2 fully saturated rings. The van der Waals surface area contributed by atoms with Crippen molar-refractivity contribution in [1.29, 1.82) is 0 Å². The zero-order valence-corrected chi connectivity index (χ0v) is 16.1. The second kappa shape index (κ2) is 6.48. The topological polar surface area (TPSA) is 83.0 Å². The van der Waals surface area contributed by atoms with Crippen LogP contribution >= 0.6 is 15.9 Å². The molecule has 1 N–H and O–H groups in total. The van der Waals surface area contributed by atoms with Crippen molar-refractivity contribution >= 4 is 33.9 Å². The van der Waals surface area contributed by atoms with Gasteiger partial charge in [0.15, 0.2) is 0 Å². The van der Waals surface area contributed by atoms with Gasteiger partial charge in [0.05, 0.1) is 0 Å². The quantitative estimate of drug-likeness (QED) is 0.819. The Morgan fingerprint density at radius 3 is 2.48 bits per heavy atom. The molecule has 1 aliphatic carbocycles. The molecule has 0 radical (unpaired) electrons. The minimum Gasteiger partial charge on any atom is -0.465 e. The van der Waals surface area contributed by atoms with Crippen LogP contribution in [0.5, 0.6) is 0 Å². The van der Waals surface area contributed by atoms with Gasteiger partial charge in [-0.2, -0.15) is 0 Å². The van der Waals surface area contributed by atoms with Crippen LogP contribution in [0.15, 0.2) is 22.8 Å². The van der Waals surface area contributed by atoms with Crippen LogP contribution in [0, 0.1) is 17.8 Å². The maximum absolute atomic E-state index is 12.1. The molecule has 2 amide bonds. The molecule has 136 valence electrons. The number of fused-ring (bicyclic) bond motifs is 1. The number of piperidine rings is 1. The molecule has 3 rings (SSSR count). The zero-order chi connectivity index (χ0) is 18.4. The summed E-state index contributed by atoms with van der Waals surface area (Å²) in [7, 11) is 0. The van der Waals surface area contributed by atoms with E-state index in [0.29, 0.717) is 11.8 Å². The van der Waals surface area contributed by atoms with Crippen LogP contribution in [0.2, 0.25) is 0 Å². The van der Waals surface area contributed by atoms with Gasteiger partial charge in [-0.05, 0) is 66.6 Å². The highest BCUT2D eigenvalue weighted by Gasteiger charge is 2.57. The maximum Gasteiger partial charge on any atom is 0.419 e. The highest BCUT2D eigenvalue weighted by atomic mass is 79.9. The highest BCUT2D eigenvalue weighted by molar-refractivity contribution is 9.10. The SMILES string of the molecule is CC(C)(C)OC(=O)N(C[C@H]1[C@H]2CN(c3ccc(Br)cn3)C[C@@H]12)C(=O)O. The van der Waals surface area contributed by atoms with E-state index in [1.165, 1.54) is 0 Å². The lowest BCUT2D eigenvalue weighted by atomic mass is 10.2. The van der Waals surface area contributed by atoms with Gasteiger partial charge >= 0.3 is 12.2 Å². The van der Waals surface area contributed by atoms with Crippen LogP contribution in [0.3, 0.4) is 0 Å². The van der Waals surface area contributed by atoms with E-state index < -0.39 is 17.8 Å². The highest BCUT2D eigenvalue weighted by Crippen LogP contribution is 2.52. The van der Waals surface area contributed by atoms with Crippen LogP contribution in [0.1, 0.15) is 20.8 Å². The summed E-state index contributed by atoms with van der Waals surface area (Å²) in [4.78, 5) is 30.9. The largest absolute Gasteiger partial charge is 0.465 e. The van der Waals surface area contributed by atoms with Crippen LogP contribution < -0.4 is 4.90 Å². The van der Waals surface area contributed by atoms with Gasteiger partial charge in [-0.1, -0.05) is 0 Å². The minimum absolute atomic E-state index is 0.196. The Kier molecular flexibility index (Phi) is 4.66. The third kappa shape index (κ3) is 4.05. The lowest BCUT2D eigenvalue weighted by molar-refractivity contribution is 0.0257.